The summed E-state index contributed by atoms with van der Waals surface area (Å²) in [6.45, 7) is 3.81. The van der Waals surface area contributed by atoms with Gasteiger partial charge in [-0.25, -0.2) is 28.1 Å². The van der Waals surface area contributed by atoms with Gasteiger partial charge in [-0.1, -0.05) is 0 Å². The van der Waals surface area contributed by atoms with E-state index in [4.69, 9.17) is 0 Å². The Balaban J connectivity index is 1.73. The maximum atomic E-state index is 11.9. The first kappa shape index (κ1) is 14.9. The van der Waals surface area contributed by atoms with Crippen molar-refractivity contribution in [1.82, 2.24) is 29.0 Å². The number of sulfonamides is 1. The molecule has 9 nitrogen and oxygen atoms in total. The predicted octanol–water partition coefficient (Wildman–Crippen LogP) is -0.471. The molecule has 0 atom stereocenters. The summed E-state index contributed by atoms with van der Waals surface area (Å²) in [4.78, 5) is 14.4. The van der Waals surface area contributed by atoms with Gasteiger partial charge in [0.2, 0.25) is 10.0 Å². The zero-order chi connectivity index (χ0) is 15.6. The second-order valence-corrected chi connectivity index (χ2v) is 7.12. The molecule has 1 aliphatic heterocycles. The van der Waals surface area contributed by atoms with Crippen LogP contribution in [0.25, 0.3) is 5.82 Å². The Bertz CT molecular complexity index is 724. The minimum atomic E-state index is -3.12. The third-order valence-corrected chi connectivity index (χ3v) is 5.49. The van der Waals surface area contributed by atoms with Gasteiger partial charge in [-0.2, -0.15) is 9.40 Å². The summed E-state index contributed by atoms with van der Waals surface area (Å²) in [6.07, 6.45) is 4.48. The molecule has 2 aromatic heterocycles. The minimum Gasteiger partial charge on any atom is -0.354 e. The Kier molecular flexibility index (Phi) is 4.03. The van der Waals surface area contributed by atoms with Crippen LogP contribution in [0.1, 0.15) is 6.92 Å². The van der Waals surface area contributed by atoms with E-state index in [2.05, 4.69) is 20.1 Å². The number of anilines is 1. The molecule has 118 valence electrons. The van der Waals surface area contributed by atoms with Crippen LogP contribution in [0.2, 0.25) is 0 Å². The maximum absolute atomic E-state index is 11.9. The lowest BCUT2D eigenvalue weighted by atomic mass is 10.3. The zero-order valence-corrected chi connectivity index (χ0v) is 13.0. The number of hydrogen-bond acceptors (Lipinski definition) is 7. The molecule has 0 unspecified atom stereocenters. The van der Waals surface area contributed by atoms with Gasteiger partial charge in [-0.05, 0) is 6.92 Å². The van der Waals surface area contributed by atoms with Gasteiger partial charge >= 0.3 is 0 Å². The Morgan fingerprint density at radius 3 is 2.45 bits per heavy atom. The van der Waals surface area contributed by atoms with E-state index < -0.39 is 10.0 Å². The fraction of sp³-hybridized carbons (Fsp3) is 0.500. The molecule has 0 aromatic carbocycles. The second kappa shape index (κ2) is 5.97. The predicted molar refractivity (Wildman–Crippen MR) is 80.2 cm³/mol. The third-order valence-electron chi connectivity index (χ3n) is 3.61. The molecule has 0 amide bonds. The van der Waals surface area contributed by atoms with E-state index in [1.807, 2.05) is 11.0 Å². The van der Waals surface area contributed by atoms with Gasteiger partial charge in [-0.15, -0.1) is 0 Å². The van der Waals surface area contributed by atoms with Crippen molar-refractivity contribution in [3.8, 4) is 5.82 Å². The Labute approximate surface area is 128 Å². The number of hydrogen-bond donors (Lipinski definition) is 0. The van der Waals surface area contributed by atoms with E-state index in [0.717, 1.165) is 5.82 Å². The zero-order valence-electron chi connectivity index (χ0n) is 12.2. The highest BCUT2D eigenvalue weighted by Gasteiger charge is 2.26. The Morgan fingerprint density at radius 1 is 1.09 bits per heavy atom. The molecule has 1 aliphatic rings. The Morgan fingerprint density at radius 2 is 1.82 bits per heavy atom. The van der Waals surface area contributed by atoms with Crippen molar-refractivity contribution in [3.63, 3.8) is 0 Å². The minimum absolute atomic E-state index is 0.136. The molecule has 10 heteroatoms. The van der Waals surface area contributed by atoms with Crippen LogP contribution in [0.3, 0.4) is 0 Å². The van der Waals surface area contributed by atoms with Crippen LogP contribution in [0.15, 0.2) is 25.0 Å². The summed E-state index contributed by atoms with van der Waals surface area (Å²) in [5, 5.41) is 4.04. The molecular formula is C12H17N7O2S. The lowest BCUT2D eigenvalue weighted by Crippen LogP contribution is -2.49. The quantitative estimate of drug-likeness (QED) is 0.750. The van der Waals surface area contributed by atoms with Crippen molar-refractivity contribution in [2.24, 2.45) is 0 Å². The van der Waals surface area contributed by atoms with E-state index in [-0.39, 0.29) is 5.75 Å². The molecule has 0 aliphatic carbocycles. The van der Waals surface area contributed by atoms with Gasteiger partial charge in [0.15, 0.2) is 5.82 Å². The third kappa shape index (κ3) is 2.92. The summed E-state index contributed by atoms with van der Waals surface area (Å²) in [5.74, 6) is 1.52. The maximum Gasteiger partial charge on any atom is 0.213 e. The molecule has 3 heterocycles. The van der Waals surface area contributed by atoms with E-state index in [1.165, 1.54) is 17.0 Å². The fourth-order valence-electron chi connectivity index (χ4n) is 2.34. The summed E-state index contributed by atoms with van der Waals surface area (Å²) in [7, 11) is -3.12. The molecule has 0 bridgehead atoms. The van der Waals surface area contributed by atoms with Gasteiger partial charge in [0, 0.05) is 32.2 Å². The van der Waals surface area contributed by atoms with E-state index in [1.54, 1.807) is 17.9 Å². The van der Waals surface area contributed by atoms with Gasteiger partial charge in [0.1, 0.15) is 24.8 Å². The highest BCUT2D eigenvalue weighted by atomic mass is 32.2. The lowest BCUT2D eigenvalue weighted by Gasteiger charge is -2.34. The van der Waals surface area contributed by atoms with E-state index >= 15 is 0 Å². The highest BCUT2D eigenvalue weighted by molar-refractivity contribution is 7.89. The molecule has 2 aromatic rings. The van der Waals surface area contributed by atoms with Crippen LogP contribution < -0.4 is 4.90 Å². The summed E-state index contributed by atoms with van der Waals surface area (Å²) in [5.41, 5.74) is 0. The van der Waals surface area contributed by atoms with Gasteiger partial charge in [0.25, 0.3) is 0 Å². The lowest BCUT2D eigenvalue weighted by molar-refractivity contribution is 0.384. The standard InChI is InChI=1S/C12H17N7O2S/c1-2-22(20,21)18-5-3-17(4-6-18)11-7-12(15-9-14-11)19-10-13-8-16-19/h7-10H,2-6H2,1H3. The summed E-state index contributed by atoms with van der Waals surface area (Å²) in [6, 6.07) is 1.82. The van der Waals surface area contributed by atoms with Crippen molar-refractivity contribution in [3.05, 3.63) is 25.0 Å². The van der Waals surface area contributed by atoms with Crippen LogP contribution >= 0.6 is 0 Å². The van der Waals surface area contributed by atoms with E-state index in [9.17, 15) is 8.42 Å². The molecular weight excluding hydrogens is 306 g/mol. The van der Waals surface area contributed by atoms with Crippen LogP contribution in [0.4, 0.5) is 5.82 Å². The molecule has 1 saturated heterocycles. The number of aromatic nitrogens is 5. The fourth-order valence-corrected chi connectivity index (χ4v) is 3.42. The van der Waals surface area contributed by atoms with Crippen LogP contribution in [0, 0.1) is 0 Å². The largest absolute Gasteiger partial charge is 0.354 e. The molecule has 0 radical (unpaired) electrons. The van der Waals surface area contributed by atoms with Gasteiger partial charge in [0.05, 0.1) is 5.75 Å². The normalized spacial score (nSPS) is 16.9. The number of piperazine rings is 1. The molecule has 0 N–H and O–H groups in total. The highest BCUT2D eigenvalue weighted by Crippen LogP contribution is 2.16. The van der Waals surface area contributed by atoms with Gasteiger partial charge in [-0.3, -0.25) is 0 Å². The first-order valence-corrected chi connectivity index (χ1v) is 8.61. The monoisotopic (exact) mass is 323 g/mol. The smallest absolute Gasteiger partial charge is 0.213 e. The summed E-state index contributed by atoms with van der Waals surface area (Å²) < 4.78 is 26.8. The molecule has 0 saturated carbocycles. The average molecular weight is 323 g/mol. The SMILES string of the molecule is CCS(=O)(=O)N1CCN(c2cc(-n3cncn3)ncn2)CC1. The van der Waals surface area contributed by atoms with Crippen molar-refractivity contribution >= 4 is 15.8 Å². The van der Waals surface area contributed by atoms with Crippen molar-refractivity contribution in [2.75, 3.05) is 36.8 Å². The van der Waals surface area contributed by atoms with Crippen molar-refractivity contribution in [2.45, 2.75) is 6.92 Å². The number of nitrogens with zero attached hydrogens (tertiary/aromatic N) is 7. The molecule has 1 fully saturated rings. The van der Waals surface area contributed by atoms with Crippen molar-refractivity contribution < 1.29 is 8.42 Å². The average Bonchev–Trinajstić information content (AvgIpc) is 3.10. The molecule has 0 spiro atoms. The van der Waals surface area contributed by atoms with E-state index in [0.29, 0.717) is 32.0 Å². The van der Waals surface area contributed by atoms with Crippen LogP contribution in [-0.2, 0) is 10.0 Å². The van der Waals surface area contributed by atoms with Crippen molar-refractivity contribution in [1.29, 1.82) is 0 Å². The topological polar surface area (TPSA) is 97.1 Å². The number of rotatable bonds is 4. The first-order chi connectivity index (χ1) is 10.6. The summed E-state index contributed by atoms with van der Waals surface area (Å²) >= 11 is 0. The first-order valence-electron chi connectivity index (χ1n) is 7.00. The Hall–Kier alpha value is -2.07. The van der Waals surface area contributed by atoms with Gasteiger partial charge < -0.3 is 4.90 Å². The second-order valence-electron chi connectivity index (χ2n) is 4.86. The molecule has 22 heavy (non-hydrogen) atoms. The molecule has 3 rings (SSSR count). The van der Waals surface area contributed by atoms with Crippen LogP contribution in [0.5, 0.6) is 0 Å². The van der Waals surface area contributed by atoms with Crippen LogP contribution in [-0.4, -0.2) is 69.4 Å².